The molecule has 1 aromatic carbocycles. The van der Waals surface area contributed by atoms with Gasteiger partial charge in [-0.1, -0.05) is 38.0 Å². The monoisotopic (exact) mass is 297 g/mol. The van der Waals surface area contributed by atoms with Gasteiger partial charge >= 0.3 is 0 Å². The molecule has 0 fully saturated rings. The number of benzene rings is 1. The lowest BCUT2D eigenvalue weighted by Crippen LogP contribution is -2.27. The van der Waals surface area contributed by atoms with Gasteiger partial charge in [0.1, 0.15) is 0 Å². The van der Waals surface area contributed by atoms with Crippen LogP contribution in [0.5, 0.6) is 0 Å². The number of hydrogen-bond acceptors (Lipinski definition) is 2. The highest BCUT2D eigenvalue weighted by molar-refractivity contribution is 6.07. The fourth-order valence-electron chi connectivity index (χ4n) is 2.53. The molecule has 0 aliphatic heterocycles. The zero-order valence-electron chi connectivity index (χ0n) is 13.3. The largest absolute Gasteiger partial charge is 0.351 e. The number of aromatic nitrogens is 1. The van der Waals surface area contributed by atoms with Gasteiger partial charge in [-0.05, 0) is 19.4 Å². The van der Waals surface area contributed by atoms with Crippen LogP contribution in [0.1, 0.15) is 43.5 Å². The van der Waals surface area contributed by atoms with Crippen molar-refractivity contribution < 1.29 is 4.79 Å². The van der Waals surface area contributed by atoms with Crippen LogP contribution in [0.25, 0.3) is 10.9 Å². The summed E-state index contributed by atoms with van der Waals surface area (Å²) in [6.07, 6.45) is 5.42. The normalized spacial score (nSPS) is 12.0. The molecule has 2 aromatic rings. The highest BCUT2D eigenvalue weighted by Gasteiger charge is 2.15. The molecule has 0 spiro atoms. The van der Waals surface area contributed by atoms with Gasteiger partial charge in [-0.3, -0.25) is 4.79 Å². The summed E-state index contributed by atoms with van der Waals surface area (Å²) < 4.78 is 2.16. The highest BCUT2D eigenvalue weighted by Crippen LogP contribution is 2.22. The first kappa shape index (κ1) is 16.1. The average molecular weight is 297 g/mol. The van der Waals surface area contributed by atoms with Crippen LogP contribution in [-0.4, -0.2) is 17.0 Å². The molecule has 1 N–H and O–H groups in total. The van der Waals surface area contributed by atoms with Gasteiger partial charge in [-0.15, -0.1) is 0 Å². The van der Waals surface area contributed by atoms with E-state index in [1.807, 2.05) is 24.4 Å². The number of amides is 1. The SMILES string of the molecule is CCCCCn1cc(C(=O)NCC(C)C#N)c2ccccc21. The first-order valence-electron chi connectivity index (χ1n) is 7.93. The van der Waals surface area contributed by atoms with Crippen molar-refractivity contribution in [3.63, 3.8) is 0 Å². The zero-order chi connectivity index (χ0) is 15.9. The molecule has 1 amide bonds. The molecule has 1 unspecified atom stereocenters. The number of para-hydroxylation sites is 1. The maximum absolute atomic E-state index is 12.4. The van der Waals surface area contributed by atoms with E-state index in [2.05, 4.69) is 28.9 Å². The second-order valence-corrected chi connectivity index (χ2v) is 5.70. The van der Waals surface area contributed by atoms with Crippen molar-refractivity contribution in [3.05, 3.63) is 36.0 Å². The quantitative estimate of drug-likeness (QED) is 0.792. The molecule has 0 aliphatic carbocycles. The minimum absolute atomic E-state index is 0.104. The van der Waals surface area contributed by atoms with Crippen molar-refractivity contribution in [2.24, 2.45) is 5.92 Å². The number of nitriles is 1. The topological polar surface area (TPSA) is 57.8 Å². The van der Waals surface area contributed by atoms with Crippen LogP contribution in [0, 0.1) is 17.2 Å². The predicted octanol–water partition coefficient (Wildman–Crippen LogP) is 3.72. The number of carbonyl (C=O) groups is 1. The van der Waals surface area contributed by atoms with E-state index in [-0.39, 0.29) is 11.8 Å². The minimum atomic E-state index is -0.179. The Balaban J connectivity index is 2.22. The Bertz CT molecular complexity index is 681. The molecule has 0 saturated carbocycles. The van der Waals surface area contributed by atoms with E-state index >= 15 is 0 Å². The Morgan fingerprint density at radius 2 is 2.14 bits per heavy atom. The fourth-order valence-corrected chi connectivity index (χ4v) is 2.53. The number of hydrogen-bond donors (Lipinski definition) is 1. The molecule has 1 heterocycles. The molecular formula is C18H23N3O. The molecule has 22 heavy (non-hydrogen) atoms. The van der Waals surface area contributed by atoms with Gasteiger partial charge in [-0.2, -0.15) is 5.26 Å². The average Bonchev–Trinajstić information content (AvgIpc) is 2.91. The fraction of sp³-hybridized carbons (Fsp3) is 0.444. The van der Waals surface area contributed by atoms with Crippen LogP contribution in [-0.2, 0) is 6.54 Å². The first-order valence-corrected chi connectivity index (χ1v) is 7.93. The third-order valence-corrected chi connectivity index (χ3v) is 3.82. The summed E-state index contributed by atoms with van der Waals surface area (Å²) in [5.74, 6) is -0.283. The number of rotatable bonds is 7. The lowest BCUT2D eigenvalue weighted by atomic mass is 10.1. The minimum Gasteiger partial charge on any atom is -0.351 e. The van der Waals surface area contributed by atoms with Crippen molar-refractivity contribution in [1.82, 2.24) is 9.88 Å². The van der Waals surface area contributed by atoms with Gasteiger partial charge < -0.3 is 9.88 Å². The molecule has 1 aromatic heterocycles. The molecule has 116 valence electrons. The number of aryl methyl sites for hydroxylation is 1. The van der Waals surface area contributed by atoms with E-state index in [1.54, 1.807) is 6.92 Å². The van der Waals surface area contributed by atoms with Crippen molar-refractivity contribution in [2.45, 2.75) is 39.7 Å². The number of unbranched alkanes of at least 4 members (excludes halogenated alkanes) is 2. The molecule has 1 atom stereocenters. The number of carbonyl (C=O) groups excluding carboxylic acids is 1. The predicted molar refractivity (Wildman–Crippen MR) is 88.6 cm³/mol. The lowest BCUT2D eigenvalue weighted by molar-refractivity contribution is 0.0952. The van der Waals surface area contributed by atoms with Crippen LogP contribution in [0.4, 0.5) is 0 Å². The summed E-state index contributed by atoms with van der Waals surface area (Å²) in [5, 5.41) is 12.6. The van der Waals surface area contributed by atoms with E-state index in [0.29, 0.717) is 12.1 Å². The van der Waals surface area contributed by atoms with E-state index < -0.39 is 0 Å². The first-order chi connectivity index (χ1) is 10.7. The molecule has 0 radical (unpaired) electrons. The number of nitrogens with one attached hydrogen (secondary N) is 1. The molecule has 0 saturated heterocycles. The summed E-state index contributed by atoms with van der Waals surface area (Å²) >= 11 is 0. The van der Waals surface area contributed by atoms with Crippen LogP contribution >= 0.6 is 0 Å². The summed E-state index contributed by atoms with van der Waals surface area (Å²) in [4.78, 5) is 12.4. The van der Waals surface area contributed by atoms with Gasteiger partial charge in [-0.25, -0.2) is 0 Å². The Labute approximate surface area is 131 Å². The Morgan fingerprint density at radius 3 is 2.86 bits per heavy atom. The Kier molecular flexibility index (Phi) is 5.60. The zero-order valence-corrected chi connectivity index (χ0v) is 13.3. The van der Waals surface area contributed by atoms with Crippen LogP contribution in [0.15, 0.2) is 30.5 Å². The van der Waals surface area contributed by atoms with Gasteiger partial charge in [0.05, 0.1) is 17.6 Å². The smallest absolute Gasteiger partial charge is 0.253 e. The summed E-state index contributed by atoms with van der Waals surface area (Å²) in [6.45, 7) is 5.29. The number of fused-ring (bicyclic) bond motifs is 1. The van der Waals surface area contributed by atoms with E-state index in [9.17, 15) is 4.79 Å². The summed E-state index contributed by atoms with van der Waals surface area (Å²) in [7, 11) is 0. The molecule has 0 aliphatic rings. The van der Waals surface area contributed by atoms with Gasteiger partial charge in [0, 0.05) is 30.2 Å². The molecule has 0 bridgehead atoms. The third-order valence-electron chi connectivity index (χ3n) is 3.82. The second-order valence-electron chi connectivity index (χ2n) is 5.70. The van der Waals surface area contributed by atoms with Crippen molar-refractivity contribution >= 4 is 16.8 Å². The third kappa shape index (κ3) is 3.67. The maximum atomic E-state index is 12.4. The van der Waals surface area contributed by atoms with Crippen LogP contribution < -0.4 is 5.32 Å². The maximum Gasteiger partial charge on any atom is 0.253 e. The van der Waals surface area contributed by atoms with E-state index in [0.717, 1.165) is 23.9 Å². The standard InChI is InChI=1S/C18H23N3O/c1-3-4-7-10-21-13-16(15-8-5-6-9-17(15)21)18(22)20-12-14(2)11-19/h5-6,8-9,13-14H,3-4,7,10,12H2,1-2H3,(H,20,22). The van der Waals surface area contributed by atoms with Crippen molar-refractivity contribution in [2.75, 3.05) is 6.54 Å². The number of nitrogens with zero attached hydrogens (tertiary/aromatic N) is 2. The van der Waals surface area contributed by atoms with Gasteiger partial charge in [0.2, 0.25) is 0 Å². The van der Waals surface area contributed by atoms with Crippen LogP contribution in [0.2, 0.25) is 0 Å². The van der Waals surface area contributed by atoms with Crippen molar-refractivity contribution in [3.8, 4) is 6.07 Å². The Morgan fingerprint density at radius 1 is 1.36 bits per heavy atom. The van der Waals surface area contributed by atoms with E-state index in [1.165, 1.54) is 12.8 Å². The van der Waals surface area contributed by atoms with Crippen molar-refractivity contribution in [1.29, 1.82) is 5.26 Å². The highest BCUT2D eigenvalue weighted by atomic mass is 16.1. The summed E-state index contributed by atoms with van der Waals surface area (Å²) in [5.41, 5.74) is 1.79. The Hall–Kier alpha value is -2.28. The molecule has 2 rings (SSSR count). The second kappa shape index (κ2) is 7.65. The molecular weight excluding hydrogens is 274 g/mol. The van der Waals surface area contributed by atoms with Crippen LogP contribution in [0.3, 0.4) is 0 Å². The molecule has 4 heteroatoms. The van der Waals surface area contributed by atoms with E-state index in [4.69, 9.17) is 5.26 Å². The molecule has 4 nitrogen and oxygen atoms in total. The van der Waals surface area contributed by atoms with Gasteiger partial charge in [0.15, 0.2) is 0 Å². The van der Waals surface area contributed by atoms with Gasteiger partial charge in [0.25, 0.3) is 5.91 Å². The summed E-state index contributed by atoms with van der Waals surface area (Å²) in [6, 6.07) is 10.1. The lowest BCUT2D eigenvalue weighted by Gasteiger charge is -2.05.